The van der Waals surface area contributed by atoms with E-state index in [0.29, 0.717) is 36.1 Å². The minimum Gasteiger partial charge on any atom is -0.390 e. The maximum absolute atomic E-state index is 12.0. The number of nitrogens with zero attached hydrogens (tertiary/aromatic N) is 2. The highest BCUT2D eigenvalue weighted by atomic mass is 35.5. The van der Waals surface area contributed by atoms with Crippen molar-refractivity contribution in [3.05, 3.63) is 33.8 Å². The highest BCUT2D eigenvalue weighted by Crippen LogP contribution is 2.25. The molecule has 0 radical (unpaired) electrons. The van der Waals surface area contributed by atoms with E-state index < -0.39 is 0 Å². The lowest BCUT2D eigenvalue weighted by Gasteiger charge is -2.24. The number of carbonyl (C=O) groups excluding carboxylic acids is 1. The average Bonchev–Trinajstić information content (AvgIpc) is 2.98. The lowest BCUT2D eigenvalue weighted by molar-refractivity contribution is 0.0606. The van der Waals surface area contributed by atoms with Crippen LogP contribution in [0, 0.1) is 0 Å². The topological polar surface area (TPSA) is 53.9 Å². The molecule has 0 bridgehead atoms. The van der Waals surface area contributed by atoms with Crippen LogP contribution < -0.4 is 5.32 Å². The lowest BCUT2D eigenvalue weighted by atomic mass is 10.0. The van der Waals surface area contributed by atoms with Crippen LogP contribution in [-0.4, -0.2) is 42.4 Å². The van der Waals surface area contributed by atoms with Crippen LogP contribution in [-0.2, 0) is 4.84 Å². The molecule has 23 heavy (non-hydrogen) atoms. The maximum atomic E-state index is 12.0. The van der Waals surface area contributed by atoms with E-state index in [-0.39, 0.29) is 12.1 Å². The van der Waals surface area contributed by atoms with Gasteiger partial charge in [0, 0.05) is 25.1 Å². The van der Waals surface area contributed by atoms with Gasteiger partial charge in [-0.15, -0.1) is 0 Å². The third-order valence-electron chi connectivity index (χ3n) is 3.52. The number of oxime groups is 1. The highest BCUT2D eigenvalue weighted by Gasteiger charge is 2.26. The van der Waals surface area contributed by atoms with Crippen molar-refractivity contribution in [1.82, 2.24) is 10.2 Å². The number of hydrogen-bond donors (Lipinski definition) is 1. The van der Waals surface area contributed by atoms with Crippen molar-refractivity contribution in [2.24, 2.45) is 5.16 Å². The Labute approximate surface area is 146 Å². The van der Waals surface area contributed by atoms with E-state index in [1.54, 1.807) is 17.0 Å². The molecule has 0 fully saturated rings. The minimum absolute atomic E-state index is 0.0686. The molecule has 7 heteroatoms. The van der Waals surface area contributed by atoms with E-state index in [2.05, 4.69) is 10.5 Å². The minimum atomic E-state index is -0.145. The molecule has 1 atom stereocenters. The van der Waals surface area contributed by atoms with Crippen molar-refractivity contribution in [2.45, 2.75) is 32.8 Å². The molecule has 1 aliphatic heterocycles. The van der Waals surface area contributed by atoms with Gasteiger partial charge >= 0.3 is 6.03 Å². The van der Waals surface area contributed by atoms with Crippen LogP contribution in [0.15, 0.2) is 23.4 Å². The molecule has 0 saturated carbocycles. The Kier molecular flexibility index (Phi) is 6.54. The summed E-state index contributed by atoms with van der Waals surface area (Å²) in [5.41, 5.74) is 1.71. The summed E-state index contributed by atoms with van der Waals surface area (Å²) in [7, 11) is 0. The number of halogens is 2. The van der Waals surface area contributed by atoms with Gasteiger partial charge in [0.2, 0.25) is 0 Å². The van der Waals surface area contributed by atoms with Crippen molar-refractivity contribution in [3.8, 4) is 0 Å². The zero-order chi connectivity index (χ0) is 16.8. The van der Waals surface area contributed by atoms with E-state index in [9.17, 15) is 4.79 Å². The molecule has 0 unspecified atom stereocenters. The van der Waals surface area contributed by atoms with Crippen molar-refractivity contribution in [1.29, 1.82) is 0 Å². The van der Waals surface area contributed by atoms with Gasteiger partial charge in [-0.05, 0) is 25.5 Å². The zero-order valence-corrected chi connectivity index (χ0v) is 14.8. The Morgan fingerprint density at radius 3 is 2.83 bits per heavy atom. The summed E-state index contributed by atoms with van der Waals surface area (Å²) < 4.78 is 0. The van der Waals surface area contributed by atoms with Gasteiger partial charge in [0.15, 0.2) is 6.10 Å². The average molecular weight is 358 g/mol. The van der Waals surface area contributed by atoms with Crippen molar-refractivity contribution >= 4 is 34.9 Å². The Morgan fingerprint density at radius 2 is 2.17 bits per heavy atom. The van der Waals surface area contributed by atoms with Gasteiger partial charge in [-0.2, -0.15) is 0 Å². The summed E-state index contributed by atoms with van der Waals surface area (Å²) in [6, 6.07) is 5.32. The number of rotatable bonds is 6. The smallest absolute Gasteiger partial charge is 0.317 e. The number of hydrogen-bond acceptors (Lipinski definition) is 3. The molecule has 1 aromatic carbocycles. The van der Waals surface area contributed by atoms with Crippen LogP contribution in [0.5, 0.6) is 0 Å². The first-order chi connectivity index (χ1) is 11.0. The van der Waals surface area contributed by atoms with Crippen LogP contribution in [0.3, 0.4) is 0 Å². The second-order valence-electron chi connectivity index (χ2n) is 5.38. The first kappa shape index (κ1) is 17.9. The number of benzene rings is 1. The highest BCUT2D eigenvalue weighted by molar-refractivity contribution is 6.42. The van der Waals surface area contributed by atoms with Gasteiger partial charge in [0.25, 0.3) is 0 Å². The lowest BCUT2D eigenvalue weighted by Crippen LogP contribution is -2.44. The number of carbonyl (C=O) groups is 1. The first-order valence-electron chi connectivity index (χ1n) is 7.76. The molecule has 1 N–H and O–H groups in total. The Morgan fingerprint density at radius 1 is 1.39 bits per heavy atom. The number of amides is 2. The van der Waals surface area contributed by atoms with Crippen LogP contribution in [0.25, 0.3) is 0 Å². The summed E-state index contributed by atoms with van der Waals surface area (Å²) in [5.74, 6) is 0. The number of nitrogens with one attached hydrogen (secondary N) is 1. The van der Waals surface area contributed by atoms with Crippen molar-refractivity contribution in [3.63, 3.8) is 0 Å². The molecule has 0 saturated heterocycles. The maximum Gasteiger partial charge on any atom is 0.317 e. The molecule has 1 heterocycles. The molecule has 2 amide bonds. The Balaban J connectivity index is 1.97. The summed E-state index contributed by atoms with van der Waals surface area (Å²) in [6.07, 6.45) is 1.38. The SMILES string of the molecule is CCCN(C[C@@H]1CC(c2ccc(Cl)c(Cl)c2)=NO1)C(=O)NCC. The quantitative estimate of drug-likeness (QED) is 0.838. The Bertz CT molecular complexity index is 593. The molecule has 0 aromatic heterocycles. The monoisotopic (exact) mass is 357 g/mol. The van der Waals surface area contributed by atoms with Crippen LogP contribution >= 0.6 is 23.2 Å². The van der Waals surface area contributed by atoms with Gasteiger partial charge in [-0.3, -0.25) is 0 Å². The molecule has 5 nitrogen and oxygen atoms in total. The van der Waals surface area contributed by atoms with Crippen LogP contribution in [0.4, 0.5) is 4.79 Å². The molecule has 0 aliphatic carbocycles. The molecular formula is C16H21Cl2N3O2. The second kappa shape index (κ2) is 8.41. The molecule has 0 spiro atoms. The van der Waals surface area contributed by atoms with E-state index in [0.717, 1.165) is 17.7 Å². The van der Waals surface area contributed by atoms with E-state index in [1.165, 1.54) is 0 Å². The van der Waals surface area contributed by atoms with E-state index in [1.807, 2.05) is 19.9 Å². The van der Waals surface area contributed by atoms with E-state index >= 15 is 0 Å². The summed E-state index contributed by atoms with van der Waals surface area (Å²) >= 11 is 12.0. The van der Waals surface area contributed by atoms with Crippen molar-refractivity contribution < 1.29 is 9.63 Å². The van der Waals surface area contributed by atoms with Gasteiger partial charge in [-0.25, -0.2) is 4.79 Å². The fourth-order valence-corrected chi connectivity index (χ4v) is 2.73. The summed E-state index contributed by atoms with van der Waals surface area (Å²) in [4.78, 5) is 19.3. The molecule has 126 valence electrons. The van der Waals surface area contributed by atoms with Gasteiger partial charge < -0.3 is 15.1 Å². The third-order valence-corrected chi connectivity index (χ3v) is 4.26. The molecule has 1 aliphatic rings. The Hall–Kier alpha value is -1.46. The fourth-order valence-electron chi connectivity index (χ4n) is 2.43. The molecule has 2 rings (SSSR count). The van der Waals surface area contributed by atoms with Gasteiger partial charge in [-0.1, -0.05) is 41.3 Å². The normalized spacial score (nSPS) is 16.7. The predicted molar refractivity (Wildman–Crippen MR) is 93.4 cm³/mol. The van der Waals surface area contributed by atoms with Crippen LogP contribution in [0.2, 0.25) is 10.0 Å². The van der Waals surface area contributed by atoms with Gasteiger partial charge in [0.05, 0.1) is 22.3 Å². The fraction of sp³-hybridized carbons (Fsp3) is 0.500. The predicted octanol–water partition coefficient (Wildman–Crippen LogP) is 3.93. The third kappa shape index (κ3) is 4.75. The zero-order valence-electron chi connectivity index (χ0n) is 13.3. The molecular weight excluding hydrogens is 337 g/mol. The van der Waals surface area contributed by atoms with Crippen LogP contribution in [0.1, 0.15) is 32.3 Å². The largest absolute Gasteiger partial charge is 0.390 e. The standard InChI is InChI=1S/C16H21Cl2N3O2/c1-3-7-21(16(22)19-4-2)10-12-9-15(20-23-12)11-5-6-13(17)14(18)8-11/h5-6,8,12H,3-4,7,9-10H2,1-2H3,(H,19,22)/t12-/m0/s1. The van der Waals surface area contributed by atoms with Crippen molar-refractivity contribution in [2.75, 3.05) is 19.6 Å². The number of urea groups is 1. The second-order valence-corrected chi connectivity index (χ2v) is 6.19. The first-order valence-corrected chi connectivity index (χ1v) is 8.51. The van der Waals surface area contributed by atoms with Gasteiger partial charge in [0.1, 0.15) is 0 Å². The summed E-state index contributed by atoms with van der Waals surface area (Å²) in [5, 5.41) is 7.96. The summed E-state index contributed by atoms with van der Waals surface area (Å²) in [6.45, 7) is 5.75. The van der Waals surface area contributed by atoms with E-state index in [4.69, 9.17) is 28.0 Å². The molecule has 1 aromatic rings.